The molecule has 2 aromatic rings. The van der Waals surface area contributed by atoms with Gasteiger partial charge in [-0.25, -0.2) is 4.98 Å². The molecule has 0 amide bonds. The zero-order chi connectivity index (χ0) is 14.8. The predicted octanol–water partition coefficient (Wildman–Crippen LogP) is 1.82. The number of fused-ring (bicyclic) bond motifs is 1. The highest BCUT2D eigenvalue weighted by Crippen LogP contribution is 2.26. The molecule has 1 unspecified atom stereocenters. The van der Waals surface area contributed by atoms with Crippen molar-refractivity contribution < 1.29 is 0 Å². The number of thiazole rings is 1. The Morgan fingerprint density at radius 3 is 2.76 bits per heavy atom. The average Bonchev–Trinajstić information content (AvgIpc) is 3.09. The Morgan fingerprint density at radius 2 is 2.10 bits per heavy atom. The van der Waals surface area contributed by atoms with Gasteiger partial charge in [0.2, 0.25) is 0 Å². The fourth-order valence-electron chi connectivity index (χ4n) is 3.08. The van der Waals surface area contributed by atoms with Crippen LogP contribution < -0.4 is 10.6 Å². The van der Waals surface area contributed by atoms with Crippen LogP contribution in [0.1, 0.15) is 26.0 Å². The quantitative estimate of drug-likeness (QED) is 0.915. The van der Waals surface area contributed by atoms with E-state index in [2.05, 4.69) is 39.6 Å². The van der Waals surface area contributed by atoms with Gasteiger partial charge in [-0.1, -0.05) is 6.92 Å². The molecule has 5 nitrogen and oxygen atoms in total. The molecule has 0 bridgehead atoms. The number of rotatable bonds is 5. The lowest BCUT2D eigenvalue weighted by Gasteiger charge is -2.38. The second kappa shape index (κ2) is 6.34. The molecule has 1 aliphatic rings. The van der Waals surface area contributed by atoms with Crippen LogP contribution in [0.4, 0.5) is 5.82 Å². The highest BCUT2D eigenvalue weighted by Gasteiger charge is 2.24. The predicted molar refractivity (Wildman–Crippen MR) is 89.4 cm³/mol. The van der Waals surface area contributed by atoms with Gasteiger partial charge in [0.05, 0.1) is 5.69 Å². The third kappa shape index (κ3) is 2.80. The van der Waals surface area contributed by atoms with Crippen molar-refractivity contribution in [3.8, 4) is 0 Å². The molecular weight excluding hydrogens is 282 g/mol. The lowest BCUT2D eigenvalue weighted by atomic mass is 10.2. The number of aromatic nitrogens is 2. The molecular formula is C15H25N5S. The van der Waals surface area contributed by atoms with Crippen LogP contribution in [0, 0.1) is 0 Å². The molecule has 0 saturated carbocycles. The Hall–Kier alpha value is -1.11. The van der Waals surface area contributed by atoms with Crippen molar-refractivity contribution in [2.24, 2.45) is 5.73 Å². The Kier molecular flexibility index (Phi) is 4.47. The van der Waals surface area contributed by atoms with Crippen molar-refractivity contribution in [3.05, 3.63) is 17.3 Å². The van der Waals surface area contributed by atoms with Crippen molar-refractivity contribution in [1.29, 1.82) is 0 Å². The van der Waals surface area contributed by atoms with Gasteiger partial charge in [0.15, 0.2) is 10.8 Å². The molecule has 3 rings (SSSR count). The van der Waals surface area contributed by atoms with Gasteiger partial charge in [-0.3, -0.25) is 9.30 Å². The monoisotopic (exact) mass is 307 g/mol. The largest absolute Gasteiger partial charge is 0.352 e. The summed E-state index contributed by atoms with van der Waals surface area (Å²) in [5, 5.41) is 2.09. The van der Waals surface area contributed by atoms with Crippen molar-refractivity contribution in [1.82, 2.24) is 14.3 Å². The molecule has 1 saturated heterocycles. The molecule has 3 heterocycles. The molecule has 6 heteroatoms. The molecule has 0 radical (unpaired) electrons. The van der Waals surface area contributed by atoms with E-state index in [4.69, 9.17) is 10.7 Å². The first-order valence-corrected chi connectivity index (χ1v) is 8.76. The molecule has 0 aliphatic carbocycles. The normalized spacial score (nSPS) is 18.5. The summed E-state index contributed by atoms with van der Waals surface area (Å²) in [5.41, 5.74) is 7.06. The minimum Gasteiger partial charge on any atom is -0.352 e. The van der Waals surface area contributed by atoms with Crippen LogP contribution in [0.5, 0.6) is 0 Å². The molecule has 116 valence electrons. The summed E-state index contributed by atoms with van der Waals surface area (Å²) >= 11 is 1.70. The summed E-state index contributed by atoms with van der Waals surface area (Å²) in [6, 6.07) is 0.682. The molecule has 2 aromatic heterocycles. The number of hydrogen-bond acceptors (Lipinski definition) is 5. The summed E-state index contributed by atoms with van der Waals surface area (Å²) < 4.78 is 2.20. The van der Waals surface area contributed by atoms with E-state index in [1.165, 1.54) is 12.1 Å². The highest BCUT2D eigenvalue weighted by molar-refractivity contribution is 7.15. The van der Waals surface area contributed by atoms with Crippen molar-refractivity contribution in [2.45, 2.75) is 32.7 Å². The van der Waals surface area contributed by atoms with Crippen LogP contribution in [-0.2, 0) is 6.42 Å². The highest BCUT2D eigenvalue weighted by atomic mass is 32.1. The van der Waals surface area contributed by atoms with Crippen LogP contribution in [0.15, 0.2) is 11.6 Å². The summed E-state index contributed by atoms with van der Waals surface area (Å²) in [5.74, 6) is 1.15. The first-order chi connectivity index (χ1) is 10.2. The Labute approximate surface area is 130 Å². The van der Waals surface area contributed by atoms with E-state index in [1.807, 2.05) is 0 Å². The van der Waals surface area contributed by atoms with E-state index >= 15 is 0 Å². The molecule has 2 N–H and O–H groups in total. The summed E-state index contributed by atoms with van der Waals surface area (Å²) in [4.78, 5) is 10.9. The number of anilines is 1. The maximum absolute atomic E-state index is 5.79. The van der Waals surface area contributed by atoms with E-state index in [1.54, 1.807) is 11.3 Å². The Balaban J connectivity index is 1.78. The van der Waals surface area contributed by atoms with Crippen molar-refractivity contribution in [2.75, 3.05) is 37.6 Å². The zero-order valence-corrected chi connectivity index (χ0v) is 13.8. The van der Waals surface area contributed by atoms with Gasteiger partial charge in [0.25, 0.3) is 0 Å². The molecule has 0 spiro atoms. The Bertz CT molecular complexity index is 582. The van der Waals surface area contributed by atoms with Crippen LogP contribution >= 0.6 is 11.3 Å². The maximum atomic E-state index is 5.79. The molecule has 1 fully saturated rings. The molecule has 21 heavy (non-hydrogen) atoms. The average molecular weight is 307 g/mol. The molecule has 1 atom stereocenters. The summed E-state index contributed by atoms with van der Waals surface area (Å²) in [6.07, 6.45) is 4.22. The number of nitrogens with two attached hydrogens (primary N) is 1. The van der Waals surface area contributed by atoms with E-state index in [0.717, 1.165) is 43.4 Å². The second-order valence-electron chi connectivity index (χ2n) is 5.76. The topological polar surface area (TPSA) is 49.8 Å². The smallest absolute Gasteiger partial charge is 0.195 e. The number of nitrogens with zero attached hydrogens (tertiary/aromatic N) is 4. The van der Waals surface area contributed by atoms with E-state index in [0.29, 0.717) is 12.6 Å². The third-order valence-electron chi connectivity index (χ3n) is 4.55. The van der Waals surface area contributed by atoms with Crippen LogP contribution in [0.3, 0.4) is 0 Å². The second-order valence-corrected chi connectivity index (χ2v) is 6.63. The van der Waals surface area contributed by atoms with Gasteiger partial charge in [0.1, 0.15) is 0 Å². The molecule has 0 aromatic carbocycles. The number of hydrogen-bond donors (Lipinski definition) is 1. The maximum Gasteiger partial charge on any atom is 0.195 e. The summed E-state index contributed by atoms with van der Waals surface area (Å²) in [7, 11) is 0. The lowest BCUT2D eigenvalue weighted by molar-refractivity contribution is 0.192. The summed E-state index contributed by atoms with van der Waals surface area (Å²) in [6.45, 7) is 9.63. The minimum absolute atomic E-state index is 0.670. The van der Waals surface area contributed by atoms with Crippen LogP contribution in [-0.4, -0.2) is 53.1 Å². The standard InChI is InChI=1S/C15H25N5S/c1-3-12(2)18-6-8-19(9-7-18)14-13(4-5-16)20-10-11-21-15(20)17-14/h10-12H,3-9,16H2,1-2H3. The fourth-order valence-corrected chi connectivity index (χ4v) is 3.80. The first kappa shape index (κ1) is 14.8. The van der Waals surface area contributed by atoms with E-state index in [9.17, 15) is 0 Å². The molecule has 1 aliphatic heterocycles. The van der Waals surface area contributed by atoms with Gasteiger partial charge in [-0.05, 0) is 19.9 Å². The minimum atomic E-state index is 0.670. The Morgan fingerprint density at radius 1 is 1.33 bits per heavy atom. The van der Waals surface area contributed by atoms with Crippen molar-refractivity contribution >= 4 is 22.1 Å². The van der Waals surface area contributed by atoms with E-state index in [-0.39, 0.29) is 0 Å². The first-order valence-electron chi connectivity index (χ1n) is 7.88. The van der Waals surface area contributed by atoms with Crippen LogP contribution in [0.2, 0.25) is 0 Å². The SMILES string of the molecule is CCC(C)N1CCN(c2nc3sccn3c2CCN)CC1. The van der Waals surface area contributed by atoms with Gasteiger partial charge in [-0.15, -0.1) is 11.3 Å². The van der Waals surface area contributed by atoms with Gasteiger partial charge in [-0.2, -0.15) is 0 Å². The van der Waals surface area contributed by atoms with Gasteiger partial charge in [0, 0.05) is 50.2 Å². The van der Waals surface area contributed by atoms with Gasteiger partial charge >= 0.3 is 0 Å². The number of imidazole rings is 1. The van der Waals surface area contributed by atoms with E-state index < -0.39 is 0 Å². The lowest BCUT2D eigenvalue weighted by Crippen LogP contribution is -2.49. The van der Waals surface area contributed by atoms with Crippen molar-refractivity contribution in [3.63, 3.8) is 0 Å². The van der Waals surface area contributed by atoms with Gasteiger partial charge < -0.3 is 10.6 Å². The van der Waals surface area contributed by atoms with Crippen LogP contribution in [0.25, 0.3) is 4.96 Å². The zero-order valence-electron chi connectivity index (χ0n) is 13.0. The third-order valence-corrected chi connectivity index (χ3v) is 5.31. The fraction of sp³-hybridized carbons (Fsp3) is 0.667. The number of piperazine rings is 1.